The Bertz CT molecular complexity index is 823. The zero-order valence-electron chi connectivity index (χ0n) is 12.5. The Hall–Kier alpha value is -2.64. The van der Waals surface area contributed by atoms with E-state index in [2.05, 4.69) is 20.4 Å². The fraction of sp³-hybridized carbons (Fsp3) is 0.267. The lowest BCUT2D eigenvalue weighted by molar-refractivity contribution is -0.137. The maximum absolute atomic E-state index is 12.6. The Labute approximate surface area is 130 Å². The SMILES string of the molecule is CC(Nc1ncnc2nn(C)cc12)c1ccc(C(F)(F)F)cc1. The second kappa shape index (κ2) is 5.53. The third kappa shape index (κ3) is 3.10. The lowest BCUT2D eigenvalue weighted by atomic mass is 10.1. The fourth-order valence-corrected chi connectivity index (χ4v) is 2.31. The normalized spacial score (nSPS) is 13.3. The Morgan fingerprint density at radius 2 is 1.83 bits per heavy atom. The monoisotopic (exact) mass is 321 g/mol. The molecule has 2 aromatic heterocycles. The number of benzene rings is 1. The molecule has 1 N–H and O–H groups in total. The van der Waals surface area contributed by atoms with E-state index < -0.39 is 11.7 Å². The molecule has 8 heteroatoms. The number of fused-ring (bicyclic) bond motifs is 1. The molecule has 23 heavy (non-hydrogen) atoms. The standard InChI is InChI=1S/C15H14F3N5/c1-9(10-3-5-11(6-4-10)15(16,17)18)21-13-12-7-23(2)22-14(12)20-8-19-13/h3-9H,1-2H3,(H,19,20,21,22). The highest BCUT2D eigenvalue weighted by atomic mass is 19.4. The van der Waals surface area contributed by atoms with Crippen molar-refractivity contribution in [2.24, 2.45) is 7.05 Å². The van der Waals surface area contributed by atoms with E-state index in [0.29, 0.717) is 11.5 Å². The third-order valence-corrected chi connectivity index (χ3v) is 3.52. The number of alkyl halides is 3. The van der Waals surface area contributed by atoms with Crippen LogP contribution in [0.15, 0.2) is 36.8 Å². The van der Waals surface area contributed by atoms with Crippen LogP contribution in [0, 0.1) is 0 Å². The quantitative estimate of drug-likeness (QED) is 0.801. The first-order valence-corrected chi connectivity index (χ1v) is 6.92. The van der Waals surface area contributed by atoms with Crippen molar-refractivity contribution in [3.63, 3.8) is 0 Å². The van der Waals surface area contributed by atoms with E-state index in [0.717, 1.165) is 23.1 Å². The zero-order chi connectivity index (χ0) is 16.6. The van der Waals surface area contributed by atoms with Crippen molar-refractivity contribution in [3.05, 3.63) is 47.9 Å². The van der Waals surface area contributed by atoms with Crippen LogP contribution in [0.1, 0.15) is 24.1 Å². The molecule has 1 unspecified atom stereocenters. The summed E-state index contributed by atoms with van der Waals surface area (Å²) in [5, 5.41) is 8.14. The van der Waals surface area contributed by atoms with Crippen molar-refractivity contribution >= 4 is 16.9 Å². The lowest BCUT2D eigenvalue weighted by Crippen LogP contribution is -2.10. The first-order valence-electron chi connectivity index (χ1n) is 6.92. The average molecular weight is 321 g/mol. The number of halogens is 3. The minimum Gasteiger partial charge on any atom is -0.363 e. The highest BCUT2D eigenvalue weighted by molar-refractivity contribution is 5.85. The van der Waals surface area contributed by atoms with Crippen LogP contribution in [0.25, 0.3) is 11.0 Å². The number of nitrogens with zero attached hydrogens (tertiary/aromatic N) is 4. The molecule has 0 spiro atoms. The maximum Gasteiger partial charge on any atom is 0.416 e. The Morgan fingerprint density at radius 1 is 1.13 bits per heavy atom. The summed E-state index contributed by atoms with van der Waals surface area (Å²) in [5.74, 6) is 0.593. The average Bonchev–Trinajstić information content (AvgIpc) is 2.88. The van der Waals surface area contributed by atoms with Gasteiger partial charge < -0.3 is 5.32 Å². The van der Waals surface area contributed by atoms with Crippen LogP contribution in [0.5, 0.6) is 0 Å². The molecule has 1 aromatic carbocycles. The molecule has 0 amide bonds. The molecular weight excluding hydrogens is 307 g/mol. The van der Waals surface area contributed by atoms with E-state index in [1.165, 1.54) is 18.5 Å². The summed E-state index contributed by atoms with van der Waals surface area (Å²) < 4.78 is 39.4. The van der Waals surface area contributed by atoms with Crippen LogP contribution in [-0.2, 0) is 13.2 Å². The summed E-state index contributed by atoms with van der Waals surface area (Å²) in [5.41, 5.74) is 0.628. The van der Waals surface area contributed by atoms with Crippen molar-refractivity contribution in [2.45, 2.75) is 19.1 Å². The number of aryl methyl sites for hydroxylation is 1. The van der Waals surface area contributed by atoms with Gasteiger partial charge in [-0.15, -0.1) is 0 Å². The minimum atomic E-state index is -4.33. The lowest BCUT2D eigenvalue weighted by Gasteiger charge is -2.16. The van der Waals surface area contributed by atoms with Gasteiger partial charge in [-0.25, -0.2) is 9.97 Å². The van der Waals surface area contributed by atoms with Crippen LogP contribution in [0.4, 0.5) is 19.0 Å². The van der Waals surface area contributed by atoms with E-state index >= 15 is 0 Å². The van der Waals surface area contributed by atoms with Gasteiger partial charge in [-0.2, -0.15) is 18.3 Å². The summed E-state index contributed by atoms with van der Waals surface area (Å²) in [4.78, 5) is 8.26. The van der Waals surface area contributed by atoms with E-state index in [-0.39, 0.29) is 6.04 Å². The van der Waals surface area contributed by atoms with E-state index in [9.17, 15) is 13.2 Å². The van der Waals surface area contributed by atoms with Gasteiger partial charge in [-0.05, 0) is 24.6 Å². The molecule has 0 aliphatic carbocycles. The van der Waals surface area contributed by atoms with Crippen LogP contribution < -0.4 is 5.32 Å². The minimum absolute atomic E-state index is 0.212. The van der Waals surface area contributed by atoms with E-state index in [1.54, 1.807) is 17.9 Å². The number of hydrogen-bond acceptors (Lipinski definition) is 4. The number of hydrogen-bond donors (Lipinski definition) is 1. The van der Waals surface area contributed by atoms with Crippen LogP contribution in [0.3, 0.4) is 0 Å². The largest absolute Gasteiger partial charge is 0.416 e. The predicted molar refractivity (Wildman–Crippen MR) is 79.8 cm³/mol. The molecular formula is C15H14F3N5. The fourth-order valence-electron chi connectivity index (χ4n) is 2.31. The van der Waals surface area contributed by atoms with Gasteiger partial charge in [0.2, 0.25) is 0 Å². The molecule has 0 fully saturated rings. The Balaban J connectivity index is 1.84. The first kappa shape index (κ1) is 15.3. The van der Waals surface area contributed by atoms with Crippen molar-refractivity contribution in [3.8, 4) is 0 Å². The molecule has 3 aromatic rings. The van der Waals surface area contributed by atoms with Crippen molar-refractivity contribution in [1.82, 2.24) is 19.7 Å². The molecule has 0 saturated carbocycles. The smallest absolute Gasteiger partial charge is 0.363 e. The van der Waals surface area contributed by atoms with Crippen LogP contribution >= 0.6 is 0 Å². The second-order valence-corrected chi connectivity index (χ2v) is 5.25. The first-order chi connectivity index (χ1) is 10.8. The number of aromatic nitrogens is 4. The topological polar surface area (TPSA) is 55.6 Å². The summed E-state index contributed by atoms with van der Waals surface area (Å²) in [6, 6.07) is 4.86. The van der Waals surface area contributed by atoms with Gasteiger partial charge >= 0.3 is 6.18 Å². The van der Waals surface area contributed by atoms with Gasteiger partial charge in [-0.1, -0.05) is 12.1 Å². The molecule has 0 saturated heterocycles. The summed E-state index contributed by atoms with van der Waals surface area (Å²) >= 11 is 0. The molecule has 2 heterocycles. The van der Waals surface area contributed by atoms with Gasteiger partial charge in [-0.3, -0.25) is 4.68 Å². The predicted octanol–water partition coefficient (Wildman–Crippen LogP) is 3.56. The summed E-state index contributed by atoms with van der Waals surface area (Å²) in [6.45, 7) is 1.85. The molecule has 1 atom stereocenters. The van der Waals surface area contributed by atoms with E-state index in [4.69, 9.17) is 0 Å². The molecule has 3 rings (SSSR count). The van der Waals surface area contributed by atoms with Crippen LogP contribution in [0.2, 0.25) is 0 Å². The number of nitrogens with one attached hydrogen (secondary N) is 1. The second-order valence-electron chi connectivity index (χ2n) is 5.25. The van der Waals surface area contributed by atoms with Gasteiger partial charge in [0.15, 0.2) is 5.65 Å². The summed E-state index contributed by atoms with van der Waals surface area (Å²) in [7, 11) is 1.78. The van der Waals surface area contributed by atoms with Crippen molar-refractivity contribution in [2.75, 3.05) is 5.32 Å². The molecule has 0 radical (unpaired) electrons. The number of rotatable bonds is 3. The molecule has 0 bridgehead atoms. The molecule has 0 aliphatic heterocycles. The van der Waals surface area contributed by atoms with Gasteiger partial charge in [0.05, 0.1) is 10.9 Å². The van der Waals surface area contributed by atoms with Gasteiger partial charge in [0.25, 0.3) is 0 Å². The van der Waals surface area contributed by atoms with Crippen molar-refractivity contribution in [1.29, 1.82) is 0 Å². The highest BCUT2D eigenvalue weighted by Crippen LogP contribution is 2.30. The van der Waals surface area contributed by atoms with Crippen molar-refractivity contribution < 1.29 is 13.2 Å². The zero-order valence-corrected chi connectivity index (χ0v) is 12.5. The Morgan fingerprint density at radius 3 is 2.48 bits per heavy atom. The molecule has 0 aliphatic rings. The number of anilines is 1. The maximum atomic E-state index is 12.6. The van der Waals surface area contributed by atoms with Gasteiger partial charge in [0.1, 0.15) is 12.1 Å². The Kier molecular flexibility index (Phi) is 3.67. The molecule has 5 nitrogen and oxygen atoms in total. The third-order valence-electron chi connectivity index (χ3n) is 3.52. The molecule has 120 valence electrons. The summed E-state index contributed by atoms with van der Waals surface area (Å²) in [6.07, 6.45) is -1.14. The van der Waals surface area contributed by atoms with Gasteiger partial charge in [0, 0.05) is 19.3 Å². The highest BCUT2D eigenvalue weighted by Gasteiger charge is 2.30. The van der Waals surface area contributed by atoms with Crippen LogP contribution in [-0.4, -0.2) is 19.7 Å². The van der Waals surface area contributed by atoms with E-state index in [1.807, 2.05) is 6.92 Å².